The number of halogens is 1. The van der Waals surface area contributed by atoms with Crippen LogP contribution >= 0.6 is 0 Å². The molecule has 144 valence electrons. The van der Waals surface area contributed by atoms with Gasteiger partial charge in [0.2, 0.25) is 15.8 Å². The third kappa shape index (κ3) is 4.07. The van der Waals surface area contributed by atoms with Gasteiger partial charge in [-0.3, -0.25) is 10.1 Å². The first kappa shape index (κ1) is 19.2. The first-order valence-corrected chi connectivity index (χ1v) is 9.75. The number of para-hydroxylation sites is 1. The summed E-state index contributed by atoms with van der Waals surface area (Å²) < 4.78 is 45.9. The van der Waals surface area contributed by atoms with Crippen LogP contribution in [0.2, 0.25) is 0 Å². The van der Waals surface area contributed by atoms with E-state index >= 15 is 0 Å². The van der Waals surface area contributed by atoms with Crippen molar-refractivity contribution >= 4 is 15.7 Å². The fourth-order valence-corrected chi connectivity index (χ4v) is 4.25. The number of benzene rings is 2. The van der Waals surface area contributed by atoms with Crippen molar-refractivity contribution in [3.05, 3.63) is 58.4 Å². The zero-order valence-corrected chi connectivity index (χ0v) is 15.4. The third-order valence-corrected chi connectivity index (χ3v) is 6.29. The number of sulfonamides is 1. The lowest BCUT2D eigenvalue weighted by atomic mass is 10.3. The quantitative estimate of drug-likeness (QED) is 0.602. The van der Waals surface area contributed by atoms with Crippen LogP contribution in [0.5, 0.6) is 11.5 Å². The van der Waals surface area contributed by atoms with Gasteiger partial charge in [0.15, 0.2) is 11.6 Å². The van der Waals surface area contributed by atoms with Crippen LogP contribution in [0.3, 0.4) is 0 Å². The first-order valence-electron chi connectivity index (χ1n) is 8.31. The lowest BCUT2D eigenvalue weighted by Crippen LogP contribution is -3.12. The minimum atomic E-state index is -3.85. The summed E-state index contributed by atoms with van der Waals surface area (Å²) in [6.45, 7) is 2.01. The number of ether oxygens (including phenoxy) is 1. The lowest BCUT2D eigenvalue weighted by Gasteiger charge is -2.29. The van der Waals surface area contributed by atoms with E-state index < -0.39 is 26.5 Å². The Kier molecular flexibility index (Phi) is 5.40. The van der Waals surface area contributed by atoms with Crippen molar-refractivity contribution in [1.82, 2.24) is 4.31 Å². The summed E-state index contributed by atoms with van der Waals surface area (Å²) in [6, 6.07) is 8.85. The second-order valence-electron chi connectivity index (χ2n) is 6.28. The molecule has 8 nitrogen and oxygen atoms in total. The van der Waals surface area contributed by atoms with Crippen molar-refractivity contribution < 1.29 is 27.4 Å². The molecule has 1 aliphatic rings. The zero-order chi connectivity index (χ0) is 19.6. The Morgan fingerprint density at radius 2 is 1.81 bits per heavy atom. The van der Waals surface area contributed by atoms with Gasteiger partial charge in [-0.05, 0) is 24.3 Å². The van der Waals surface area contributed by atoms with Crippen LogP contribution < -0.4 is 9.64 Å². The second-order valence-corrected chi connectivity index (χ2v) is 8.22. The highest BCUT2D eigenvalue weighted by Crippen LogP contribution is 2.34. The summed E-state index contributed by atoms with van der Waals surface area (Å²) in [5, 5.41) is 11.4. The van der Waals surface area contributed by atoms with Gasteiger partial charge in [0, 0.05) is 6.07 Å². The summed E-state index contributed by atoms with van der Waals surface area (Å²) in [6.07, 6.45) is 0. The minimum Gasteiger partial charge on any atom is -0.447 e. The molecule has 0 spiro atoms. The number of nitrogens with one attached hydrogen (secondary N) is 1. The Morgan fingerprint density at radius 1 is 1.15 bits per heavy atom. The molecule has 1 heterocycles. The number of piperazine rings is 1. The Bertz CT molecular complexity index is 959. The molecule has 1 saturated heterocycles. The van der Waals surface area contributed by atoms with Crippen LogP contribution in [0.15, 0.2) is 47.4 Å². The van der Waals surface area contributed by atoms with Crippen molar-refractivity contribution in [2.45, 2.75) is 4.90 Å². The molecule has 0 aromatic heterocycles. The van der Waals surface area contributed by atoms with Gasteiger partial charge in [-0.25, -0.2) is 12.8 Å². The van der Waals surface area contributed by atoms with E-state index in [1.54, 1.807) is 0 Å². The maximum Gasteiger partial charge on any atom is 0.312 e. The average Bonchev–Trinajstić information content (AvgIpc) is 2.64. The zero-order valence-electron chi connectivity index (χ0n) is 14.6. The second kappa shape index (κ2) is 7.59. The summed E-state index contributed by atoms with van der Waals surface area (Å²) in [4.78, 5) is 11.7. The van der Waals surface area contributed by atoms with Crippen molar-refractivity contribution in [3.63, 3.8) is 0 Å². The number of nitro benzene ring substituents is 1. The molecule has 0 amide bonds. The number of likely N-dealkylation sites (N-methyl/N-ethyl adjacent to an activating group) is 1. The maximum absolute atomic E-state index is 13.8. The van der Waals surface area contributed by atoms with Crippen molar-refractivity contribution in [3.8, 4) is 11.5 Å². The molecule has 0 aliphatic carbocycles. The standard InChI is InChI=1S/C17H18FN3O5S/c1-19-8-10-20(11-9-19)27(24,25)13-6-7-17(15(12-13)21(22)23)26-16-5-3-2-4-14(16)18/h2-7,12H,8-11H2,1H3/p+1. The van der Waals surface area contributed by atoms with Gasteiger partial charge >= 0.3 is 5.69 Å². The first-order chi connectivity index (χ1) is 12.8. The van der Waals surface area contributed by atoms with Crippen LogP contribution in [0.1, 0.15) is 0 Å². The molecule has 0 radical (unpaired) electrons. The van der Waals surface area contributed by atoms with Gasteiger partial charge in [-0.1, -0.05) is 12.1 Å². The number of nitrogens with zero attached hydrogens (tertiary/aromatic N) is 2. The highest BCUT2D eigenvalue weighted by molar-refractivity contribution is 7.89. The van der Waals surface area contributed by atoms with E-state index in [4.69, 9.17) is 4.74 Å². The molecule has 0 atom stereocenters. The van der Waals surface area contributed by atoms with Gasteiger partial charge in [0.25, 0.3) is 0 Å². The van der Waals surface area contributed by atoms with E-state index in [-0.39, 0.29) is 16.4 Å². The summed E-state index contributed by atoms with van der Waals surface area (Å²) in [5.41, 5.74) is -0.543. The molecule has 2 aromatic rings. The largest absolute Gasteiger partial charge is 0.447 e. The number of nitro groups is 1. The topological polar surface area (TPSA) is 94.2 Å². The normalized spacial score (nSPS) is 16.2. The molecule has 1 aliphatic heterocycles. The van der Waals surface area contributed by atoms with Crippen LogP contribution in [0.4, 0.5) is 10.1 Å². The monoisotopic (exact) mass is 396 g/mol. The summed E-state index contributed by atoms with van der Waals surface area (Å²) >= 11 is 0. The van der Waals surface area contributed by atoms with E-state index in [1.165, 1.54) is 39.5 Å². The number of quaternary nitrogens is 1. The maximum atomic E-state index is 13.8. The number of hydrogen-bond donors (Lipinski definition) is 1. The molecule has 1 fully saturated rings. The van der Waals surface area contributed by atoms with Crippen LogP contribution in [-0.4, -0.2) is 50.9 Å². The SMILES string of the molecule is C[NH+]1CCN(S(=O)(=O)c2ccc(Oc3ccccc3F)c([N+](=O)[O-])c2)CC1. The summed E-state index contributed by atoms with van der Waals surface area (Å²) in [7, 11) is -1.88. The fraction of sp³-hybridized carbons (Fsp3) is 0.294. The highest BCUT2D eigenvalue weighted by Gasteiger charge is 2.31. The Morgan fingerprint density at radius 3 is 2.44 bits per heavy atom. The van der Waals surface area contributed by atoms with E-state index in [0.717, 1.165) is 12.1 Å². The molecule has 2 aromatic carbocycles. The fourth-order valence-electron chi connectivity index (χ4n) is 2.79. The molecule has 0 bridgehead atoms. The summed E-state index contributed by atoms with van der Waals surface area (Å²) in [5.74, 6) is -1.09. The predicted molar refractivity (Wildman–Crippen MR) is 94.9 cm³/mol. The Hall–Kier alpha value is -2.56. The molecular formula is C17H19FN3O5S+. The van der Waals surface area contributed by atoms with Crippen LogP contribution in [-0.2, 0) is 10.0 Å². The molecule has 10 heteroatoms. The van der Waals surface area contributed by atoms with Gasteiger partial charge in [0.05, 0.1) is 43.0 Å². The van der Waals surface area contributed by atoms with Crippen LogP contribution in [0.25, 0.3) is 0 Å². The van der Waals surface area contributed by atoms with Crippen molar-refractivity contribution in [2.24, 2.45) is 0 Å². The molecule has 1 N–H and O–H groups in total. The molecule has 27 heavy (non-hydrogen) atoms. The number of rotatable bonds is 5. The van der Waals surface area contributed by atoms with Gasteiger partial charge < -0.3 is 9.64 Å². The Balaban J connectivity index is 1.94. The molecule has 0 saturated carbocycles. The van der Waals surface area contributed by atoms with Gasteiger partial charge in [-0.2, -0.15) is 4.31 Å². The molecule has 0 unspecified atom stereocenters. The van der Waals surface area contributed by atoms with Crippen molar-refractivity contribution in [2.75, 3.05) is 33.2 Å². The Labute approximate surface area is 156 Å². The highest BCUT2D eigenvalue weighted by atomic mass is 32.2. The van der Waals surface area contributed by atoms with Crippen molar-refractivity contribution in [1.29, 1.82) is 0 Å². The van der Waals surface area contributed by atoms with Gasteiger partial charge in [0.1, 0.15) is 0 Å². The van der Waals surface area contributed by atoms with E-state index in [0.29, 0.717) is 26.2 Å². The molecular weight excluding hydrogens is 377 g/mol. The van der Waals surface area contributed by atoms with Gasteiger partial charge in [-0.15, -0.1) is 0 Å². The molecule has 3 rings (SSSR count). The minimum absolute atomic E-state index is 0.182. The van der Waals surface area contributed by atoms with E-state index in [2.05, 4.69) is 0 Å². The van der Waals surface area contributed by atoms with Crippen LogP contribution in [0, 0.1) is 15.9 Å². The lowest BCUT2D eigenvalue weighted by molar-refractivity contribution is -0.883. The van der Waals surface area contributed by atoms with E-state index in [1.807, 2.05) is 7.05 Å². The third-order valence-electron chi connectivity index (χ3n) is 4.40. The average molecular weight is 396 g/mol. The number of hydrogen-bond acceptors (Lipinski definition) is 5. The smallest absolute Gasteiger partial charge is 0.312 e. The van der Waals surface area contributed by atoms with E-state index in [9.17, 15) is 22.9 Å². The predicted octanol–water partition coefficient (Wildman–Crippen LogP) is 1.05.